The smallest absolute Gasteiger partial charge is 0.414 e. The first-order chi connectivity index (χ1) is 9.28. The number of carbonyl (C=O) groups is 1. The van der Waals surface area contributed by atoms with Crippen molar-refractivity contribution in [3.8, 4) is 0 Å². The van der Waals surface area contributed by atoms with Gasteiger partial charge in [0.2, 0.25) is 0 Å². The second kappa shape index (κ2) is 5.28. The third-order valence-electron chi connectivity index (χ3n) is 2.90. The summed E-state index contributed by atoms with van der Waals surface area (Å²) in [6.45, 7) is 6.16. The predicted octanol–water partition coefficient (Wildman–Crippen LogP) is 2.64. The highest BCUT2D eigenvalue weighted by Crippen LogP contribution is 2.34. The van der Waals surface area contributed by atoms with Gasteiger partial charge in [-0.05, 0) is 51.5 Å². The Kier molecular flexibility index (Phi) is 3.85. The fraction of sp³-hybridized carbons (Fsp3) is 0.429. The van der Waals surface area contributed by atoms with E-state index in [1.807, 2.05) is 39.0 Å². The molecule has 108 valence electrons. The van der Waals surface area contributed by atoms with Gasteiger partial charge in [0.25, 0.3) is 0 Å². The number of amides is 1. The summed E-state index contributed by atoms with van der Waals surface area (Å²) in [5, 5.41) is 3.16. The van der Waals surface area contributed by atoms with E-state index in [0.717, 1.165) is 23.4 Å². The maximum atomic E-state index is 12.2. The number of carbonyl (C=O) groups excluding carboxylic acids is 1. The maximum Gasteiger partial charge on any atom is 0.414 e. The van der Waals surface area contributed by atoms with Gasteiger partial charge >= 0.3 is 6.09 Å². The molecule has 1 aliphatic heterocycles. The minimum absolute atomic E-state index is 0.217. The van der Waals surface area contributed by atoms with Gasteiger partial charge < -0.3 is 15.8 Å². The van der Waals surface area contributed by atoms with Crippen LogP contribution in [0, 0.1) is 0 Å². The summed E-state index contributed by atoms with van der Waals surface area (Å²) < 4.78 is 5.42. The SMILES string of the molecule is CC(C)(C)OC(=O)N1CCc2c(NC(N)=S)cccc21. The first kappa shape index (κ1) is 14.6. The molecule has 0 spiro atoms. The number of hydrogen-bond acceptors (Lipinski definition) is 3. The molecule has 1 aromatic rings. The molecule has 1 heterocycles. The molecule has 1 amide bonds. The minimum Gasteiger partial charge on any atom is -0.443 e. The van der Waals surface area contributed by atoms with Crippen molar-refractivity contribution in [2.24, 2.45) is 5.73 Å². The van der Waals surface area contributed by atoms with Crippen LogP contribution >= 0.6 is 12.2 Å². The molecule has 20 heavy (non-hydrogen) atoms. The Morgan fingerprint density at radius 2 is 2.15 bits per heavy atom. The van der Waals surface area contributed by atoms with Gasteiger partial charge in [-0.2, -0.15) is 0 Å². The average molecular weight is 293 g/mol. The van der Waals surface area contributed by atoms with Crippen LogP contribution in [0.5, 0.6) is 0 Å². The number of anilines is 2. The third-order valence-corrected chi connectivity index (χ3v) is 3.00. The van der Waals surface area contributed by atoms with Gasteiger partial charge in [0, 0.05) is 17.8 Å². The molecule has 0 unspecified atom stereocenters. The van der Waals surface area contributed by atoms with Gasteiger partial charge in [-0.25, -0.2) is 4.79 Å². The summed E-state index contributed by atoms with van der Waals surface area (Å²) >= 11 is 4.86. The lowest BCUT2D eigenvalue weighted by atomic mass is 10.1. The molecule has 2 rings (SSSR count). The molecule has 6 heteroatoms. The summed E-state index contributed by atoms with van der Waals surface area (Å²) in [7, 11) is 0. The summed E-state index contributed by atoms with van der Waals surface area (Å²) in [5.74, 6) is 0. The van der Waals surface area contributed by atoms with E-state index in [4.69, 9.17) is 22.7 Å². The molecule has 0 fully saturated rings. The Labute approximate surface area is 124 Å². The molecule has 0 bridgehead atoms. The monoisotopic (exact) mass is 293 g/mol. The summed E-state index contributed by atoms with van der Waals surface area (Å²) in [6, 6.07) is 5.66. The van der Waals surface area contributed by atoms with Gasteiger partial charge in [0.1, 0.15) is 5.60 Å². The molecule has 0 aromatic heterocycles. The van der Waals surface area contributed by atoms with E-state index in [0.29, 0.717) is 6.54 Å². The van der Waals surface area contributed by atoms with Crippen LogP contribution in [0.2, 0.25) is 0 Å². The van der Waals surface area contributed by atoms with Crippen LogP contribution < -0.4 is 16.0 Å². The van der Waals surface area contributed by atoms with Crippen molar-refractivity contribution in [2.45, 2.75) is 32.8 Å². The molecule has 1 aromatic carbocycles. The molecular weight excluding hydrogens is 274 g/mol. The van der Waals surface area contributed by atoms with Crippen molar-refractivity contribution >= 4 is 34.8 Å². The van der Waals surface area contributed by atoms with Gasteiger partial charge in [-0.15, -0.1) is 0 Å². The number of nitrogens with one attached hydrogen (secondary N) is 1. The Hall–Kier alpha value is -1.82. The van der Waals surface area contributed by atoms with E-state index < -0.39 is 5.60 Å². The van der Waals surface area contributed by atoms with E-state index >= 15 is 0 Å². The summed E-state index contributed by atoms with van der Waals surface area (Å²) in [5.41, 5.74) is 7.74. The zero-order chi connectivity index (χ0) is 14.9. The highest BCUT2D eigenvalue weighted by Gasteiger charge is 2.30. The van der Waals surface area contributed by atoms with Crippen molar-refractivity contribution in [1.29, 1.82) is 0 Å². The lowest BCUT2D eigenvalue weighted by molar-refractivity contribution is 0.0584. The van der Waals surface area contributed by atoms with E-state index in [1.165, 1.54) is 0 Å². The van der Waals surface area contributed by atoms with Crippen LogP contribution in [0.25, 0.3) is 0 Å². The second-order valence-electron chi connectivity index (χ2n) is 5.67. The molecule has 1 aliphatic rings. The molecular formula is C14H19N3O2S. The Balaban J connectivity index is 2.25. The number of hydrogen-bond donors (Lipinski definition) is 2. The largest absolute Gasteiger partial charge is 0.443 e. The van der Waals surface area contributed by atoms with E-state index in [2.05, 4.69) is 5.32 Å². The fourth-order valence-corrected chi connectivity index (χ4v) is 2.30. The minimum atomic E-state index is -0.505. The zero-order valence-corrected chi connectivity index (χ0v) is 12.7. The van der Waals surface area contributed by atoms with Crippen LogP contribution in [0.1, 0.15) is 26.3 Å². The second-order valence-corrected chi connectivity index (χ2v) is 6.11. The van der Waals surface area contributed by atoms with Crippen molar-refractivity contribution in [3.63, 3.8) is 0 Å². The Morgan fingerprint density at radius 3 is 2.75 bits per heavy atom. The molecule has 3 N–H and O–H groups in total. The topological polar surface area (TPSA) is 67.6 Å². The van der Waals surface area contributed by atoms with Crippen molar-refractivity contribution in [3.05, 3.63) is 23.8 Å². The zero-order valence-electron chi connectivity index (χ0n) is 11.9. The quantitative estimate of drug-likeness (QED) is 0.779. The van der Waals surface area contributed by atoms with Gasteiger partial charge in [0.05, 0.1) is 5.69 Å². The molecule has 0 aliphatic carbocycles. The van der Waals surface area contributed by atoms with Crippen LogP contribution in [-0.4, -0.2) is 23.4 Å². The number of nitrogens with zero attached hydrogens (tertiary/aromatic N) is 1. The molecule has 0 saturated carbocycles. The number of rotatable bonds is 1. The molecule has 0 radical (unpaired) electrons. The number of fused-ring (bicyclic) bond motifs is 1. The average Bonchev–Trinajstić information content (AvgIpc) is 2.70. The number of benzene rings is 1. The molecule has 5 nitrogen and oxygen atoms in total. The van der Waals surface area contributed by atoms with Crippen LogP contribution in [0.3, 0.4) is 0 Å². The first-order valence-electron chi connectivity index (χ1n) is 6.47. The van der Waals surface area contributed by atoms with E-state index in [-0.39, 0.29) is 11.2 Å². The standard InChI is InChI=1S/C14H19N3O2S/c1-14(2,3)19-13(18)17-8-7-9-10(16-12(15)20)5-4-6-11(9)17/h4-6H,7-8H2,1-3H3,(H3,15,16,20). The van der Waals surface area contributed by atoms with Crippen molar-refractivity contribution in [2.75, 3.05) is 16.8 Å². The Bertz CT molecular complexity index is 552. The Morgan fingerprint density at radius 1 is 1.45 bits per heavy atom. The highest BCUT2D eigenvalue weighted by atomic mass is 32.1. The van der Waals surface area contributed by atoms with Crippen LogP contribution in [0.15, 0.2) is 18.2 Å². The fourth-order valence-electron chi connectivity index (χ4n) is 2.19. The number of nitrogens with two attached hydrogens (primary N) is 1. The van der Waals surface area contributed by atoms with Gasteiger partial charge in [-0.1, -0.05) is 6.07 Å². The van der Waals surface area contributed by atoms with Gasteiger partial charge in [-0.3, -0.25) is 4.90 Å². The maximum absolute atomic E-state index is 12.2. The van der Waals surface area contributed by atoms with Crippen molar-refractivity contribution in [1.82, 2.24) is 0 Å². The number of thiocarbonyl (C=S) groups is 1. The molecule has 0 saturated heterocycles. The molecule has 0 atom stereocenters. The lowest BCUT2D eigenvalue weighted by Gasteiger charge is -2.24. The summed E-state index contributed by atoms with van der Waals surface area (Å²) in [4.78, 5) is 13.8. The first-order valence-corrected chi connectivity index (χ1v) is 6.87. The van der Waals surface area contributed by atoms with Crippen LogP contribution in [0.4, 0.5) is 16.2 Å². The van der Waals surface area contributed by atoms with E-state index in [1.54, 1.807) is 4.90 Å². The number of ether oxygens (including phenoxy) is 1. The third kappa shape index (κ3) is 3.19. The lowest BCUT2D eigenvalue weighted by Crippen LogP contribution is -2.35. The van der Waals surface area contributed by atoms with Gasteiger partial charge in [0.15, 0.2) is 5.11 Å². The highest BCUT2D eigenvalue weighted by molar-refractivity contribution is 7.80. The predicted molar refractivity (Wildman–Crippen MR) is 84.1 cm³/mol. The van der Waals surface area contributed by atoms with Crippen molar-refractivity contribution < 1.29 is 9.53 Å². The van der Waals surface area contributed by atoms with E-state index in [9.17, 15) is 4.79 Å². The van der Waals surface area contributed by atoms with Crippen LogP contribution in [-0.2, 0) is 11.2 Å². The normalized spacial score (nSPS) is 13.8. The summed E-state index contributed by atoms with van der Waals surface area (Å²) in [6.07, 6.45) is 0.420.